The van der Waals surface area contributed by atoms with Gasteiger partial charge in [0.2, 0.25) is 0 Å². The summed E-state index contributed by atoms with van der Waals surface area (Å²) in [6.07, 6.45) is 0.555. The predicted octanol–water partition coefficient (Wildman–Crippen LogP) is 0.955. The van der Waals surface area contributed by atoms with Gasteiger partial charge in [-0.3, -0.25) is 4.79 Å². The number of halogens is 2. The van der Waals surface area contributed by atoms with Crippen molar-refractivity contribution in [2.45, 2.75) is 50.2 Å². The molecule has 0 aromatic rings. The quantitative estimate of drug-likeness (QED) is 0.758. The maximum Gasteiger partial charge on any atom is 0.352 e. The topological polar surface area (TPSA) is 73.1 Å². The second-order valence-electron chi connectivity index (χ2n) is 4.02. The molecule has 1 fully saturated rings. The van der Waals surface area contributed by atoms with Crippen molar-refractivity contribution in [2.24, 2.45) is 0 Å². The largest absolute Gasteiger partial charge is 0.383 e. The van der Waals surface area contributed by atoms with Gasteiger partial charge in [0.25, 0.3) is 5.91 Å². The van der Waals surface area contributed by atoms with Gasteiger partial charge >= 0.3 is 5.92 Å². The molecular formula is C10H14F2N2O2. The molecule has 1 saturated carbocycles. The van der Waals surface area contributed by atoms with Gasteiger partial charge in [0, 0.05) is 0 Å². The first-order valence-electron chi connectivity index (χ1n) is 5.18. The molecule has 0 aromatic heterocycles. The highest BCUT2D eigenvalue weighted by molar-refractivity contribution is 5.85. The lowest BCUT2D eigenvalue weighted by Crippen LogP contribution is -2.61. The van der Waals surface area contributed by atoms with Gasteiger partial charge in [-0.25, -0.2) is 0 Å². The van der Waals surface area contributed by atoms with E-state index in [1.54, 1.807) is 13.0 Å². The van der Waals surface area contributed by atoms with Gasteiger partial charge in [0.05, 0.1) is 6.07 Å². The molecule has 1 aliphatic rings. The lowest BCUT2D eigenvalue weighted by Gasteiger charge is -2.41. The van der Waals surface area contributed by atoms with E-state index in [-0.39, 0.29) is 19.3 Å². The van der Waals surface area contributed by atoms with Crippen molar-refractivity contribution in [2.75, 3.05) is 0 Å². The highest BCUT2D eigenvalue weighted by Crippen LogP contribution is 2.44. The molecule has 0 heterocycles. The van der Waals surface area contributed by atoms with E-state index in [0.717, 1.165) is 0 Å². The zero-order valence-corrected chi connectivity index (χ0v) is 8.96. The highest BCUT2D eigenvalue weighted by Gasteiger charge is 2.61. The fraction of sp³-hybridized carbons (Fsp3) is 0.800. The Labute approximate surface area is 92.2 Å². The fourth-order valence-electron chi connectivity index (χ4n) is 1.51. The van der Waals surface area contributed by atoms with Crippen LogP contribution in [0.15, 0.2) is 0 Å². The summed E-state index contributed by atoms with van der Waals surface area (Å²) in [4.78, 5) is 11.3. The molecule has 0 aliphatic heterocycles. The number of aliphatic hydroxyl groups is 1. The SMILES string of the molecule is CCC(C#N)NC(=O)C(F)(F)C1(O)CCC1. The summed E-state index contributed by atoms with van der Waals surface area (Å²) < 4.78 is 27.0. The minimum atomic E-state index is -3.82. The molecule has 1 atom stereocenters. The van der Waals surface area contributed by atoms with Crippen molar-refractivity contribution < 1.29 is 18.7 Å². The standard InChI is InChI=1S/C10H14F2N2O2/c1-2-7(6-13)14-8(15)10(11,12)9(16)4-3-5-9/h7,16H,2-5H2,1H3,(H,14,15). The van der Waals surface area contributed by atoms with E-state index in [2.05, 4.69) is 0 Å². The average molecular weight is 232 g/mol. The second-order valence-corrected chi connectivity index (χ2v) is 4.02. The summed E-state index contributed by atoms with van der Waals surface area (Å²) in [5.74, 6) is -5.39. The van der Waals surface area contributed by atoms with Gasteiger partial charge in [-0.05, 0) is 25.7 Å². The van der Waals surface area contributed by atoms with E-state index in [1.165, 1.54) is 0 Å². The van der Waals surface area contributed by atoms with E-state index < -0.39 is 23.5 Å². The lowest BCUT2D eigenvalue weighted by atomic mass is 9.75. The zero-order chi connectivity index (χ0) is 12.4. The Balaban J connectivity index is 2.69. The van der Waals surface area contributed by atoms with Crippen molar-refractivity contribution in [1.29, 1.82) is 5.26 Å². The van der Waals surface area contributed by atoms with Crippen LogP contribution in [0.5, 0.6) is 0 Å². The molecule has 2 N–H and O–H groups in total. The number of carbonyl (C=O) groups is 1. The summed E-state index contributed by atoms with van der Waals surface area (Å²) in [6.45, 7) is 1.60. The Morgan fingerprint density at radius 1 is 1.69 bits per heavy atom. The third-order valence-corrected chi connectivity index (χ3v) is 2.92. The van der Waals surface area contributed by atoms with Gasteiger partial charge < -0.3 is 10.4 Å². The van der Waals surface area contributed by atoms with E-state index in [1.807, 2.05) is 5.32 Å². The molecule has 1 rings (SSSR count). The average Bonchev–Trinajstić information content (AvgIpc) is 2.21. The fourth-order valence-corrected chi connectivity index (χ4v) is 1.51. The molecule has 0 spiro atoms. The van der Waals surface area contributed by atoms with Crippen LogP contribution in [0.1, 0.15) is 32.6 Å². The Morgan fingerprint density at radius 3 is 2.56 bits per heavy atom. The van der Waals surface area contributed by atoms with Crippen molar-refractivity contribution in [3.63, 3.8) is 0 Å². The first-order chi connectivity index (χ1) is 7.37. The van der Waals surface area contributed by atoms with Gasteiger partial charge in [-0.2, -0.15) is 14.0 Å². The lowest BCUT2D eigenvalue weighted by molar-refractivity contribution is -0.216. The molecule has 1 aliphatic carbocycles. The van der Waals surface area contributed by atoms with Crippen LogP contribution in [-0.4, -0.2) is 28.6 Å². The minimum Gasteiger partial charge on any atom is -0.383 e. The molecule has 1 unspecified atom stereocenters. The maximum atomic E-state index is 13.5. The summed E-state index contributed by atoms with van der Waals surface area (Å²) in [7, 11) is 0. The van der Waals surface area contributed by atoms with Crippen molar-refractivity contribution in [1.82, 2.24) is 5.32 Å². The highest BCUT2D eigenvalue weighted by atomic mass is 19.3. The van der Waals surface area contributed by atoms with Crippen LogP contribution in [0.4, 0.5) is 8.78 Å². The number of nitrogens with one attached hydrogen (secondary N) is 1. The monoisotopic (exact) mass is 232 g/mol. The predicted molar refractivity (Wildman–Crippen MR) is 51.6 cm³/mol. The number of alkyl halides is 2. The number of nitrogens with zero attached hydrogens (tertiary/aromatic N) is 1. The molecule has 1 amide bonds. The smallest absolute Gasteiger partial charge is 0.352 e. The molecule has 6 heteroatoms. The van der Waals surface area contributed by atoms with E-state index in [4.69, 9.17) is 5.26 Å². The number of amides is 1. The van der Waals surface area contributed by atoms with Crippen LogP contribution in [0, 0.1) is 11.3 Å². The molecule has 0 aromatic carbocycles. The molecule has 4 nitrogen and oxygen atoms in total. The third kappa shape index (κ3) is 2.00. The summed E-state index contributed by atoms with van der Waals surface area (Å²) >= 11 is 0. The third-order valence-electron chi connectivity index (χ3n) is 2.92. The Morgan fingerprint density at radius 2 is 2.25 bits per heavy atom. The van der Waals surface area contributed by atoms with Gasteiger partial charge in [-0.15, -0.1) is 0 Å². The van der Waals surface area contributed by atoms with Crippen LogP contribution in [-0.2, 0) is 4.79 Å². The van der Waals surface area contributed by atoms with Gasteiger partial charge in [-0.1, -0.05) is 6.92 Å². The maximum absolute atomic E-state index is 13.5. The van der Waals surface area contributed by atoms with Crippen molar-refractivity contribution in [3.05, 3.63) is 0 Å². The summed E-state index contributed by atoms with van der Waals surface area (Å²) in [6, 6.07) is 0.753. The number of nitriles is 1. The van der Waals surface area contributed by atoms with Crippen LogP contribution in [0.2, 0.25) is 0 Å². The van der Waals surface area contributed by atoms with E-state index >= 15 is 0 Å². The number of rotatable bonds is 4. The van der Waals surface area contributed by atoms with Gasteiger partial charge in [0.1, 0.15) is 11.6 Å². The molecule has 0 saturated heterocycles. The summed E-state index contributed by atoms with van der Waals surface area (Å²) in [5, 5.41) is 19.9. The number of hydrogen-bond acceptors (Lipinski definition) is 3. The van der Waals surface area contributed by atoms with Crippen LogP contribution < -0.4 is 5.32 Å². The van der Waals surface area contributed by atoms with Crippen molar-refractivity contribution >= 4 is 5.91 Å². The normalized spacial score (nSPS) is 20.4. The van der Waals surface area contributed by atoms with Gasteiger partial charge in [0.15, 0.2) is 0 Å². The van der Waals surface area contributed by atoms with Crippen molar-refractivity contribution in [3.8, 4) is 6.07 Å². The Hall–Kier alpha value is -1.22. The number of hydrogen-bond donors (Lipinski definition) is 2. The van der Waals surface area contributed by atoms with Crippen LogP contribution >= 0.6 is 0 Å². The van der Waals surface area contributed by atoms with Crippen LogP contribution in [0.3, 0.4) is 0 Å². The molecule has 0 bridgehead atoms. The number of carbonyl (C=O) groups excluding carboxylic acids is 1. The summed E-state index contributed by atoms with van der Waals surface area (Å²) in [5.41, 5.74) is -2.23. The molecular weight excluding hydrogens is 218 g/mol. The van der Waals surface area contributed by atoms with E-state index in [0.29, 0.717) is 6.42 Å². The first-order valence-corrected chi connectivity index (χ1v) is 5.18. The molecule has 90 valence electrons. The van der Waals surface area contributed by atoms with E-state index in [9.17, 15) is 18.7 Å². The minimum absolute atomic E-state index is 0.0865. The molecule has 16 heavy (non-hydrogen) atoms. The van der Waals surface area contributed by atoms with Crippen LogP contribution in [0.25, 0.3) is 0 Å². The Kier molecular flexibility index (Phi) is 3.48. The second kappa shape index (κ2) is 4.34. The first kappa shape index (κ1) is 12.8. The Bertz CT molecular complexity index is 321. The molecule has 0 radical (unpaired) electrons. The zero-order valence-electron chi connectivity index (χ0n) is 8.96.